The van der Waals surface area contributed by atoms with Gasteiger partial charge >= 0.3 is 0 Å². The zero-order chi connectivity index (χ0) is 15.2. The van der Waals surface area contributed by atoms with Crippen LogP contribution in [-0.2, 0) is 12.0 Å². The lowest BCUT2D eigenvalue weighted by atomic mass is 9.84. The highest BCUT2D eigenvalue weighted by Gasteiger charge is 2.26. The summed E-state index contributed by atoms with van der Waals surface area (Å²) in [5, 5.41) is 6.84. The predicted molar refractivity (Wildman–Crippen MR) is 92.9 cm³/mol. The predicted octanol–water partition coefficient (Wildman–Crippen LogP) is 5.37. The van der Waals surface area contributed by atoms with Crippen LogP contribution in [0.5, 0.6) is 0 Å². The van der Waals surface area contributed by atoms with Crippen molar-refractivity contribution in [2.24, 2.45) is 0 Å². The van der Waals surface area contributed by atoms with Crippen molar-refractivity contribution >= 4 is 37.7 Å². The van der Waals surface area contributed by atoms with Gasteiger partial charge < -0.3 is 9.73 Å². The van der Waals surface area contributed by atoms with E-state index in [0.29, 0.717) is 0 Å². The lowest BCUT2D eigenvalue weighted by molar-refractivity contribution is 0.494. The van der Waals surface area contributed by atoms with Gasteiger partial charge in [-0.1, -0.05) is 45.0 Å². The van der Waals surface area contributed by atoms with Gasteiger partial charge in [0.15, 0.2) is 0 Å². The number of hydrogen-bond donors (Lipinski definition) is 1. The second-order valence-electron chi connectivity index (χ2n) is 6.47. The van der Waals surface area contributed by atoms with Crippen LogP contribution in [0.3, 0.4) is 0 Å². The van der Waals surface area contributed by atoms with E-state index < -0.39 is 0 Å². The summed E-state index contributed by atoms with van der Waals surface area (Å²) in [5.74, 6) is 1.02. The number of benzene rings is 2. The number of nitrogens with one attached hydrogen (secondary N) is 1. The Kier molecular flexibility index (Phi) is 3.58. The first kappa shape index (κ1) is 14.6. The van der Waals surface area contributed by atoms with Crippen molar-refractivity contribution in [2.45, 2.75) is 32.7 Å². The van der Waals surface area contributed by atoms with Crippen LogP contribution in [0.25, 0.3) is 21.7 Å². The fourth-order valence-corrected chi connectivity index (χ4v) is 3.66. The van der Waals surface area contributed by atoms with Crippen molar-refractivity contribution in [3.05, 3.63) is 46.1 Å². The van der Waals surface area contributed by atoms with Crippen LogP contribution in [-0.4, -0.2) is 7.05 Å². The summed E-state index contributed by atoms with van der Waals surface area (Å²) in [6, 6.07) is 10.7. The fraction of sp³-hybridized carbons (Fsp3) is 0.333. The Labute approximate surface area is 133 Å². The second kappa shape index (κ2) is 5.15. The summed E-state index contributed by atoms with van der Waals surface area (Å²) in [5.41, 5.74) is 2.28. The van der Waals surface area contributed by atoms with Gasteiger partial charge in [0.05, 0.1) is 11.0 Å². The molecule has 0 spiro atoms. The second-order valence-corrected chi connectivity index (χ2v) is 7.26. The van der Waals surface area contributed by atoms with E-state index in [1.54, 1.807) is 0 Å². The first-order chi connectivity index (χ1) is 9.93. The summed E-state index contributed by atoms with van der Waals surface area (Å²) >= 11 is 3.73. The molecule has 2 aromatic carbocycles. The van der Waals surface area contributed by atoms with E-state index in [0.717, 1.165) is 22.4 Å². The van der Waals surface area contributed by atoms with E-state index in [-0.39, 0.29) is 5.41 Å². The molecule has 0 bridgehead atoms. The van der Waals surface area contributed by atoms with E-state index in [4.69, 9.17) is 4.42 Å². The quantitative estimate of drug-likeness (QED) is 0.675. The molecule has 2 nitrogen and oxygen atoms in total. The molecular weight excluding hydrogens is 326 g/mol. The number of halogens is 1. The van der Waals surface area contributed by atoms with E-state index in [2.05, 4.69) is 72.3 Å². The van der Waals surface area contributed by atoms with Gasteiger partial charge in [0.1, 0.15) is 11.3 Å². The Bertz CT molecular complexity index is 811. The Morgan fingerprint density at radius 1 is 1.14 bits per heavy atom. The molecule has 0 saturated carbocycles. The lowest BCUT2D eigenvalue weighted by Crippen LogP contribution is -2.15. The molecule has 0 amide bonds. The summed E-state index contributed by atoms with van der Waals surface area (Å²) < 4.78 is 7.24. The Morgan fingerprint density at radius 3 is 2.52 bits per heavy atom. The summed E-state index contributed by atoms with van der Waals surface area (Å²) in [7, 11) is 1.95. The molecule has 3 rings (SSSR count). The lowest BCUT2D eigenvalue weighted by Gasteiger charge is -2.19. The zero-order valence-electron chi connectivity index (χ0n) is 12.9. The van der Waals surface area contributed by atoms with E-state index in [1.165, 1.54) is 21.7 Å². The van der Waals surface area contributed by atoms with Crippen LogP contribution in [0.4, 0.5) is 0 Å². The molecule has 0 radical (unpaired) electrons. The monoisotopic (exact) mass is 345 g/mol. The molecule has 3 heteroatoms. The molecule has 21 heavy (non-hydrogen) atoms. The summed E-state index contributed by atoms with van der Waals surface area (Å²) in [4.78, 5) is 0. The minimum Gasteiger partial charge on any atom is -0.458 e. The maximum absolute atomic E-state index is 6.20. The number of rotatable bonds is 2. The molecule has 0 aliphatic heterocycles. The first-order valence-electron chi connectivity index (χ1n) is 7.21. The van der Waals surface area contributed by atoms with Gasteiger partial charge in [-0.05, 0) is 45.2 Å². The highest BCUT2D eigenvalue weighted by atomic mass is 79.9. The number of fused-ring (bicyclic) bond motifs is 2. The summed E-state index contributed by atoms with van der Waals surface area (Å²) in [6.07, 6.45) is 0. The Balaban J connectivity index is 2.45. The van der Waals surface area contributed by atoms with Gasteiger partial charge in [0.2, 0.25) is 0 Å². The minimum atomic E-state index is 0.0410. The Hall–Kier alpha value is -1.32. The molecule has 0 fully saturated rings. The third-order valence-corrected chi connectivity index (χ3v) is 4.59. The average molecular weight is 346 g/mol. The van der Waals surface area contributed by atoms with Gasteiger partial charge in [-0.3, -0.25) is 0 Å². The van der Waals surface area contributed by atoms with E-state index >= 15 is 0 Å². The maximum Gasteiger partial charge on any atom is 0.149 e. The van der Waals surface area contributed by atoms with Gasteiger partial charge in [-0.15, -0.1) is 0 Å². The van der Waals surface area contributed by atoms with Crippen LogP contribution in [0.1, 0.15) is 32.1 Å². The van der Waals surface area contributed by atoms with Gasteiger partial charge in [-0.25, -0.2) is 0 Å². The topological polar surface area (TPSA) is 25.2 Å². The SMILES string of the molecule is CNCc1oc2c(Br)c3ccccc3cc2c1C(C)(C)C. The van der Waals surface area contributed by atoms with Crippen molar-refractivity contribution < 1.29 is 4.42 Å². The van der Waals surface area contributed by atoms with Crippen LogP contribution >= 0.6 is 15.9 Å². The minimum absolute atomic E-state index is 0.0410. The zero-order valence-corrected chi connectivity index (χ0v) is 14.5. The highest BCUT2D eigenvalue weighted by Crippen LogP contribution is 2.41. The number of hydrogen-bond acceptors (Lipinski definition) is 2. The highest BCUT2D eigenvalue weighted by molar-refractivity contribution is 9.10. The fourth-order valence-electron chi connectivity index (χ4n) is 3.00. The molecule has 0 unspecified atom stereocenters. The normalized spacial score (nSPS) is 12.4. The summed E-state index contributed by atoms with van der Waals surface area (Å²) in [6.45, 7) is 7.45. The largest absolute Gasteiger partial charge is 0.458 e. The van der Waals surface area contributed by atoms with Crippen LogP contribution < -0.4 is 5.32 Å². The molecule has 0 aliphatic rings. The van der Waals surface area contributed by atoms with Crippen molar-refractivity contribution in [3.63, 3.8) is 0 Å². The Morgan fingerprint density at radius 2 is 1.86 bits per heavy atom. The van der Waals surface area contributed by atoms with Crippen molar-refractivity contribution in [1.29, 1.82) is 0 Å². The van der Waals surface area contributed by atoms with Gasteiger partial charge in [0.25, 0.3) is 0 Å². The molecule has 0 aliphatic carbocycles. The maximum atomic E-state index is 6.20. The molecule has 110 valence electrons. The smallest absolute Gasteiger partial charge is 0.149 e. The molecule has 1 N–H and O–H groups in total. The standard InChI is InChI=1S/C18H20BrNO/c1-18(2,3)15-13-9-11-7-5-6-8-12(11)16(19)17(13)21-14(15)10-20-4/h5-9,20H,10H2,1-4H3. The first-order valence-corrected chi connectivity index (χ1v) is 8.00. The van der Waals surface area contributed by atoms with Crippen LogP contribution in [0.15, 0.2) is 39.2 Å². The van der Waals surface area contributed by atoms with Crippen molar-refractivity contribution in [1.82, 2.24) is 5.32 Å². The van der Waals surface area contributed by atoms with Crippen LogP contribution in [0.2, 0.25) is 0 Å². The third kappa shape index (κ3) is 2.39. The van der Waals surface area contributed by atoms with E-state index in [9.17, 15) is 0 Å². The third-order valence-electron chi connectivity index (χ3n) is 3.80. The molecule has 0 saturated heterocycles. The molecule has 1 aromatic heterocycles. The van der Waals surface area contributed by atoms with E-state index in [1.807, 2.05) is 7.05 Å². The molecule has 0 atom stereocenters. The molecular formula is C18H20BrNO. The van der Waals surface area contributed by atoms with Gasteiger partial charge in [0, 0.05) is 10.9 Å². The van der Waals surface area contributed by atoms with Gasteiger partial charge in [-0.2, -0.15) is 0 Å². The van der Waals surface area contributed by atoms with Crippen molar-refractivity contribution in [2.75, 3.05) is 7.05 Å². The average Bonchev–Trinajstić information content (AvgIpc) is 2.78. The molecule has 1 heterocycles. The van der Waals surface area contributed by atoms with Crippen molar-refractivity contribution in [3.8, 4) is 0 Å². The number of furan rings is 1. The molecule has 3 aromatic rings. The van der Waals surface area contributed by atoms with Crippen LogP contribution in [0, 0.1) is 0 Å².